The lowest BCUT2D eigenvalue weighted by Crippen LogP contribution is -2.15. The van der Waals surface area contributed by atoms with Crippen LogP contribution in [0, 0.1) is 6.92 Å². The van der Waals surface area contributed by atoms with Crippen LogP contribution in [0.15, 0.2) is 88.7 Å². The van der Waals surface area contributed by atoms with E-state index in [0.717, 1.165) is 11.1 Å². The number of hydrogen-bond acceptors (Lipinski definition) is 3. The standard InChI is InChI=1S/C24H23ClO3S/c1-3-22(18-7-5-4-6-8-18)24(23(26)19-11-13-20(25)14-12-19)29(27,28)21-15-9-17(2)10-16-21/h4-16,23,26H,3H2,1-2H3/b24-22-. The minimum atomic E-state index is -3.94. The van der Waals surface area contributed by atoms with Crippen molar-refractivity contribution in [3.63, 3.8) is 0 Å². The van der Waals surface area contributed by atoms with Crippen molar-refractivity contribution in [3.05, 3.63) is 105 Å². The Bertz CT molecular complexity index is 1100. The van der Waals surface area contributed by atoms with Gasteiger partial charge in [0.05, 0.1) is 9.80 Å². The smallest absolute Gasteiger partial charge is 0.205 e. The molecule has 29 heavy (non-hydrogen) atoms. The fourth-order valence-corrected chi connectivity index (χ4v) is 5.17. The summed E-state index contributed by atoms with van der Waals surface area (Å²) in [5.74, 6) is 0. The summed E-state index contributed by atoms with van der Waals surface area (Å²) >= 11 is 5.97. The molecule has 0 saturated heterocycles. The van der Waals surface area contributed by atoms with E-state index in [9.17, 15) is 13.5 Å². The topological polar surface area (TPSA) is 54.4 Å². The number of benzene rings is 3. The summed E-state index contributed by atoms with van der Waals surface area (Å²) in [5, 5.41) is 11.7. The van der Waals surface area contributed by atoms with Gasteiger partial charge in [0.1, 0.15) is 6.10 Å². The second kappa shape index (κ2) is 8.95. The van der Waals surface area contributed by atoms with Crippen molar-refractivity contribution < 1.29 is 13.5 Å². The number of aryl methyl sites for hydroxylation is 1. The van der Waals surface area contributed by atoms with Crippen molar-refractivity contribution in [2.24, 2.45) is 0 Å². The Kier molecular flexibility index (Phi) is 6.58. The number of halogens is 1. The number of rotatable bonds is 6. The van der Waals surface area contributed by atoms with Gasteiger partial charge in [0.15, 0.2) is 0 Å². The molecular formula is C24H23ClO3S. The zero-order valence-corrected chi connectivity index (χ0v) is 17.9. The average Bonchev–Trinajstić information content (AvgIpc) is 2.72. The van der Waals surface area contributed by atoms with Crippen LogP contribution < -0.4 is 0 Å². The molecule has 0 heterocycles. The van der Waals surface area contributed by atoms with Gasteiger partial charge < -0.3 is 5.11 Å². The molecule has 3 rings (SSSR count). The molecule has 0 aromatic heterocycles. The highest BCUT2D eigenvalue weighted by Crippen LogP contribution is 2.38. The number of hydrogen-bond donors (Lipinski definition) is 1. The first-order valence-corrected chi connectivity index (χ1v) is 11.2. The van der Waals surface area contributed by atoms with Crippen LogP contribution in [0.5, 0.6) is 0 Å². The third-order valence-electron chi connectivity index (χ3n) is 4.83. The summed E-state index contributed by atoms with van der Waals surface area (Å²) in [4.78, 5) is 0.158. The van der Waals surface area contributed by atoms with Crippen LogP contribution in [0.1, 0.15) is 36.1 Å². The molecular weight excluding hydrogens is 404 g/mol. The van der Waals surface area contributed by atoms with Gasteiger partial charge in [-0.3, -0.25) is 0 Å². The van der Waals surface area contributed by atoms with Gasteiger partial charge in [-0.05, 0) is 54.3 Å². The maximum absolute atomic E-state index is 13.7. The highest BCUT2D eigenvalue weighted by atomic mass is 35.5. The van der Waals surface area contributed by atoms with Crippen molar-refractivity contribution in [1.29, 1.82) is 0 Å². The molecule has 150 valence electrons. The first kappa shape index (κ1) is 21.3. The summed E-state index contributed by atoms with van der Waals surface area (Å²) < 4.78 is 27.3. The molecule has 0 aliphatic heterocycles. The molecule has 3 aromatic rings. The Morgan fingerprint density at radius 2 is 1.52 bits per heavy atom. The van der Waals surface area contributed by atoms with Crippen molar-refractivity contribution in [3.8, 4) is 0 Å². The Morgan fingerprint density at radius 1 is 0.931 bits per heavy atom. The van der Waals surface area contributed by atoms with Crippen molar-refractivity contribution in [1.82, 2.24) is 0 Å². The number of aliphatic hydroxyl groups is 1. The molecule has 0 aliphatic carbocycles. The molecule has 0 amide bonds. The molecule has 1 atom stereocenters. The highest BCUT2D eigenvalue weighted by molar-refractivity contribution is 7.95. The fraction of sp³-hybridized carbons (Fsp3) is 0.167. The predicted molar refractivity (Wildman–Crippen MR) is 118 cm³/mol. The second-order valence-electron chi connectivity index (χ2n) is 6.83. The summed E-state index contributed by atoms with van der Waals surface area (Å²) in [6.45, 7) is 3.79. The van der Waals surface area contributed by atoms with Crippen LogP contribution in [-0.2, 0) is 9.84 Å². The van der Waals surface area contributed by atoms with Crippen LogP contribution in [0.3, 0.4) is 0 Å². The fourth-order valence-electron chi connectivity index (χ4n) is 3.27. The van der Waals surface area contributed by atoms with E-state index in [1.807, 2.05) is 44.2 Å². The van der Waals surface area contributed by atoms with Crippen molar-refractivity contribution in [2.45, 2.75) is 31.3 Å². The monoisotopic (exact) mass is 426 g/mol. The number of allylic oxidation sites excluding steroid dienone is 1. The third-order valence-corrected chi connectivity index (χ3v) is 7.02. The molecule has 0 saturated carbocycles. The van der Waals surface area contributed by atoms with E-state index in [1.165, 1.54) is 0 Å². The van der Waals surface area contributed by atoms with E-state index >= 15 is 0 Å². The second-order valence-corrected chi connectivity index (χ2v) is 9.19. The zero-order chi connectivity index (χ0) is 21.0. The molecule has 1 N–H and O–H groups in total. The minimum absolute atomic E-state index is 0.00243. The van der Waals surface area contributed by atoms with Gasteiger partial charge in [0.2, 0.25) is 9.84 Å². The van der Waals surface area contributed by atoms with Gasteiger partial charge in [0, 0.05) is 5.02 Å². The Morgan fingerprint density at radius 3 is 2.07 bits per heavy atom. The molecule has 3 nitrogen and oxygen atoms in total. The van der Waals surface area contributed by atoms with Gasteiger partial charge in [-0.2, -0.15) is 0 Å². The van der Waals surface area contributed by atoms with Gasteiger partial charge in [-0.15, -0.1) is 0 Å². The average molecular weight is 427 g/mol. The summed E-state index contributed by atoms with van der Waals surface area (Å²) in [5.41, 5.74) is 2.80. The van der Waals surface area contributed by atoms with E-state index in [-0.39, 0.29) is 9.80 Å². The molecule has 0 aliphatic rings. The van der Waals surface area contributed by atoms with Crippen LogP contribution >= 0.6 is 11.6 Å². The van der Waals surface area contributed by atoms with Crippen LogP contribution in [-0.4, -0.2) is 13.5 Å². The van der Waals surface area contributed by atoms with Crippen LogP contribution in [0.4, 0.5) is 0 Å². The van der Waals surface area contributed by atoms with Gasteiger partial charge in [0.25, 0.3) is 0 Å². The summed E-state index contributed by atoms with van der Waals surface area (Å²) in [7, 11) is -3.94. The van der Waals surface area contributed by atoms with Crippen LogP contribution in [0.2, 0.25) is 5.02 Å². The minimum Gasteiger partial charge on any atom is -0.383 e. The molecule has 5 heteroatoms. The molecule has 0 radical (unpaired) electrons. The largest absolute Gasteiger partial charge is 0.383 e. The van der Waals surface area contributed by atoms with Gasteiger partial charge >= 0.3 is 0 Å². The molecule has 0 spiro atoms. The molecule has 0 fully saturated rings. The SMILES string of the molecule is CC/C(=C(\C(O)c1ccc(Cl)cc1)S(=O)(=O)c1ccc(C)cc1)c1ccccc1. The quantitative estimate of drug-likeness (QED) is 0.527. The zero-order valence-electron chi connectivity index (χ0n) is 16.3. The van der Waals surface area contributed by atoms with E-state index in [4.69, 9.17) is 11.6 Å². The van der Waals surface area contributed by atoms with Gasteiger partial charge in [-0.1, -0.05) is 78.7 Å². The van der Waals surface area contributed by atoms with Gasteiger partial charge in [-0.25, -0.2) is 8.42 Å². The normalized spacial score (nSPS) is 13.7. The van der Waals surface area contributed by atoms with E-state index in [0.29, 0.717) is 22.6 Å². The van der Waals surface area contributed by atoms with E-state index < -0.39 is 15.9 Å². The maximum atomic E-state index is 13.7. The number of aliphatic hydroxyl groups excluding tert-OH is 1. The van der Waals surface area contributed by atoms with Crippen LogP contribution in [0.25, 0.3) is 5.57 Å². The van der Waals surface area contributed by atoms with Crippen molar-refractivity contribution >= 4 is 27.0 Å². The van der Waals surface area contributed by atoms with E-state index in [2.05, 4.69) is 0 Å². The Hall–Kier alpha value is -2.40. The molecule has 1 unspecified atom stereocenters. The number of sulfone groups is 1. The summed E-state index contributed by atoms with van der Waals surface area (Å²) in [6.07, 6.45) is -0.858. The molecule has 3 aromatic carbocycles. The van der Waals surface area contributed by atoms with Crippen molar-refractivity contribution in [2.75, 3.05) is 0 Å². The lowest BCUT2D eigenvalue weighted by Gasteiger charge is -2.21. The first-order valence-electron chi connectivity index (χ1n) is 9.38. The summed E-state index contributed by atoms with van der Waals surface area (Å²) in [6, 6.07) is 22.6. The third kappa shape index (κ3) is 4.61. The lowest BCUT2D eigenvalue weighted by molar-refractivity contribution is 0.223. The highest BCUT2D eigenvalue weighted by Gasteiger charge is 2.31. The Balaban J connectivity index is 2.27. The Labute approximate surface area is 177 Å². The van der Waals surface area contributed by atoms with E-state index in [1.54, 1.807) is 48.5 Å². The maximum Gasteiger partial charge on any atom is 0.205 e. The first-order chi connectivity index (χ1) is 13.8. The predicted octanol–water partition coefficient (Wildman–Crippen LogP) is 5.98. The molecule has 0 bridgehead atoms. The lowest BCUT2D eigenvalue weighted by atomic mass is 9.99.